The van der Waals surface area contributed by atoms with Gasteiger partial charge in [0.25, 0.3) is 0 Å². The van der Waals surface area contributed by atoms with Gasteiger partial charge in [-0.2, -0.15) is 5.26 Å². The van der Waals surface area contributed by atoms with Crippen LogP contribution in [0, 0.1) is 11.3 Å². The van der Waals surface area contributed by atoms with E-state index in [2.05, 4.69) is 0 Å². The van der Waals surface area contributed by atoms with Crippen molar-refractivity contribution in [3.8, 4) is 17.6 Å². The van der Waals surface area contributed by atoms with Gasteiger partial charge in [0, 0.05) is 0 Å². The van der Waals surface area contributed by atoms with Crippen molar-refractivity contribution in [2.75, 3.05) is 7.11 Å². The molecule has 0 unspecified atom stereocenters. The Morgan fingerprint density at radius 3 is 2.43 bits per heavy atom. The second-order valence-electron chi connectivity index (χ2n) is 4.38. The summed E-state index contributed by atoms with van der Waals surface area (Å²) in [5.74, 6) is 1.16. The molecule has 0 amide bonds. The number of rotatable bonds is 5. The standard InChI is InChI=1S/C15H14BNO4/c1-20-14-5-2-11(3-6-14)10-21-15-7-4-13(16(18)19)8-12(15)9-17/h2-8,18-19H,10H2,1H3. The zero-order valence-corrected chi connectivity index (χ0v) is 11.5. The minimum Gasteiger partial charge on any atom is -0.497 e. The summed E-state index contributed by atoms with van der Waals surface area (Å²) in [4.78, 5) is 0. The van der Waals surface area contributed by atoms with Crippen LogP contribution in [0.1, 0.15) is 11.1 Å². The molecule has 0 aromatic heterocycles. The molecule has 106 valence electrons. The first-order valence-corrected chi connectivity index (χ1v) is 6.30. The van der Waals surface area contributed by atoms with Gasteiger partial charge >= 0.3 is 7.12 Å². The van der Waals surface area contributed by atoms with E-state index >= 15 is 0 Å². The van der Waals surface area contributed by atoms with E-state index < -0.39 is 7.12 Å². The number of benzene rings is 2. The van der Waals surface area contributed by atoms with Crippen molar-refractivity contribution < 1.29 is 19.5 Å². The minimum atomic E-state index is -1.60. The van der Waals surface area contributed by atoms with Gasteiger partial charge in [-0.1, -0.05) is 18.2 Å². The lowest BCUT2D eigenvalue weighted by Crippen LogP contribution is -2.29. The Balaban J connectivity index is 2.10. The average Bonchev–Trinajstić information content (AvgIpc) is 2.53. The summed E-state index contributed by atoms with van der Waals surface area (Å²) in [5, 5.41) is 27.3. The van der Waals surface area contributed by atoms with Crippen LogP contribution in [0.3, 0.4) is 0 Å². The summed E-state index contributed by atoms with van der Waals surface area (Å²) in [5.41, 5.74) is 1.45. The molecule has 2 rings (SSSR count). The second-order valence-corrected chi connectivity index (χ2v) is 4.38. The minimum absolute atomic E-state index is 0.253. The Labute approximate surface area is 123 Å². The van der Waals surface area contributed by atoms with Crippen molar-refractivity contribution in [1.29, 1.82) is 5.26 Å². The van der Waals surface area contributed by atoms with Crippen LogP contribution < -0.4 is 14.9 Å². The number of hydrogen-bond acceptors (Lipinski definition) is 5. The van der Waals surface area contributed by atoms with Crippen molar-refractivity contribution >= 4 is 12.6 Å². The SMILES string of the molecule is COc1ccc(COc2ccc(B(O)O)cc2C#N)cc1. The van der Waals surface area contributed by atoms with E-state index in [0.717, 1.165) is 11.3 Å². The van der Waals surface area contributed by atoms with Crippen LogP contribution in [0.25, 0.3) is 0 Å². The van der Waals surface area contributed by atoms with Gasteiger partial charge in [-0.15, -0.1) is 0 Å². The van der Waals surface area contributed by atoms with Crippen LogP contribution in [0.4, 0.5) is 0 Å². The summed E-state index contributed by atoms with van der Waals surface area (Å²) < 4.78 is 10.7. The number of hydrogen-bond donors (Lipinski definition) is 2. The molecule has 0 aliphatic carbocycles. The molecule has 21 heavy (non-hydrogen) atoms. The summed E-state index contributed by atoms with van der Waals surface area (Å²) in [6.45, 7) is 0.305. The third kappa shape index (κ3) is 3.75. The molecule has 0 bridgehead atoms. The number of methoxy groups -OCH3 is 1. The fourth-order valence-corrected chi connectivity index (χ4v) is 1.80. The number of ether oxygens (including phenoxy) is 2. The molecule has 0 atom stereocenters. The Hall–Kier alpha value is -2.49. The van der Waals surface area contributed by atoms with Crippen molar-refractivity contribution in [3.05, 3.63) is 53.6 Å². The first kappa shape index (κ1) is 14.9. The van der Waals surface area contributed by atoms with Crippen LogP contribution in [0.5, 0.6) is 11.5 Å². The molecular weight excluding hydrogens is 269 g/mol. The highest BCUT2D eigenvalue weighted by Gasteiger charge is 2.14. The highest BCUT2D eigenvalue weighted by Crippen LogP contribution is 2.18. The first-order valence-electron chi connectivity index (χ1n) is 6.30. The molecule has 0 saturated heterocycles. The van der Waals surface area contributed by atoms with Crippen molar-refractivity contribution in [2.45, 2.75) is 6.61 Å². The Bertz CT molecular complexity index is 650. The molecular formula is C15H14BNO4. The highest BCUT2D eigenvalue weighted by atomic mass is 16.5. The quantitative estimate of drug-likeness (QED) is 0.794. The lowest BCUT2D eigenvalue weighted by Gasteiger charge is -2.10. The van der Waals surface area contributed by atoms with Crippen LogP contribution >= 0.6 is 0 Å². The van der Waals surface area contributed by atoms with Gasteiger partial charge in [0.15, 0.2) is 0 Å². The zero-order chi connectivity index (χ0) is 15.2. The van der Waals surface area contributed by atoms with Gasteiger partial charge in [-0.3, -0.25) is 0 Å². The number of nitrogens with zero attached hydrogens (tertiary/aromatic N) is 1. The first-order chi connectivity index (χ1) is 10.1. The molecule has 0 radical (unpaired) electrons. The topological polar surface area (TPSA) is 82.7 Å². The van der Waals surface area contributed by atoms with E-state index in [-0.39, 0.29) is 11.0 Å². The van der Waals surface area contributed by atoms with Gasteiger partial charge in [-0.25, -0.2) is 0 Å². The lowest BCUT2D eigenvalue weighted by molar-refractivity contribution is 0.305. The molecule has 0 aliphatic rings. The summed E-state index contributed by atoms with van der Waals surface area (Å²) >= 11 is 0. The van der Waals surface area contributed by atoms with Crippen LogP contribution in [-0.2, 0) is 6.61 Å². The smallest absolute Gasteiger partial charge is 0.488 e. The van der Waals surface area contributed by atoms with Gasteiger partial charge in [0.1, 0.15) is 24.2 Å². The molecule has 2 aromatic carbocycles. The molecule has 6 heteroatoms. The normalized spacial score (nSPS) is 9.81. The molecule has 2 aromatic rings. The molecule has 0 heterocycles. The molecule has 5 nitrogen and oxygen atoms in total. The molecule has 0 fully saturated rings. The average molecular weight is 283 g/mol. The second kappa shape index (κ2) is 6.79. The summed E-state index contributed by atoms with van der Waals surface area (Å²) in [6.07, 6.45) is 0. The predicted molar refractivity (Wildman–Crippen MR) is 78.3 cm³/mol. The van der Waals surface area contributed by atoms with E-state index in [4.69, 9.17) is 24.8 Å². The van der Waals surface area contributed by atoms with Crippen LogP contribution in [0.15, 0.2) is 42.5 Å². The molecule has 0 spiro atoms. The van der Waals surface area contributed by atoms with Gasteiger partial charge in [-0.05, 0) is 35.3 Å². The Morgan fingerprint density at radius 2 is 1.86 bits per heavy atom. The van der Waals surface area contributed by atoms with Gasteiger partial charge in [0.05, 0.1) is 12.7 Å². The van der Waals surface area contributed by atoms with Gasteiger partial charge < -0.3 is 19.5 Å². The van der Waals surface area contributed by atoms with Crippen molar-refractivity contribution in [2.24, 2.45) is 0 Å². The predicted octanol–water partition coefficient (Wildman–Crippen LogP) is 0.826. The summed E-state index contributed by atoms with van der Waals surface area (Å²) in [7, 11) is -0.00490. The lowest BCUT2D eigenvalue weighted by atomic mass is 9.79. The Morgan fingerprint density at radius 1 is 1.14 bits per heavy atom. The Kier molecular flexibility index (Phi) is 4.83. The van der Waals surface area contributed by atoms with Crippen molar-refractivity contribution in [3.63, 3.8) is 0 Å². The molecule has 0 saturated carbocycles. The zero-order valence-electron chi connectivity index (χ0n) is 11.5. The van der Waals surface area contributed by atoms with E-state index in [1.54, 1.807) is 13.2 Å². The molecule has 0 aliphatic heterocycles. The maximum atomic E-state index is 9.09. The van der Waals surface area contributed by atoms with E-state index in [1.807, 2.05) is 30.3 Å². The van der Waals surface area contributed by atoms with Crippen molar-refractivity contribution in [1.82, 2.24) is 0 Å². The fourth-order valence-electron chi connectivity index (χ4n) is 1.80. The summed E-state index contributed by atoms with van der Waals surface area (Å²) in [6, 6.07) is 13.8. The van der Waals surface area contributed by atoms with Crippen LogP contribution in [-0.4, -0.2) is 24.3 Å². The largest absolute Gasteiger partial charge is 0.497 e. The van der Waals surface area contributed by atoms with E-state index in [9.17, 15) is 0 Å². The van der Waals surface area contributed by atoms with E-state index in [0.29, 0.717) is 12.4 Å². The maximum absolute atomic E-state index is 9.09. The highest BCUT2D eigenvalue weighted by molar-refractivity contribution is 6.58. The third-order valence-corrected chi connectivity index (χ3v) is 2.98. The van der Waals surface area contributed by atoms with Gasteiger partial charge in [0.2, 0.25) is 0 Å². The number of nitriles is 1. The van der Waals surface area contributed by atoms with E-state index in [1.165, 1.54) is 12.1 Å². The monoisotopic (exact) mass is 283 g/mol. The molecule has 2 N–H and O–H groups in total. The fraction of sp³-hybridized carbons (Fsp3) is 0.133. The maximum Gasteiger partial charge on any atom is 0.488 e. The van der Waals surface area contributed by atoms with Crippen LogP contribution in [0.2, 0.25) is 0 Å². The third-order valence-electron chi connectivity index (χ3n) is 2.98.